The summed E-state index contributed by atoms with van der Waals surface area (Å²) in [5.41, 5.74) is 1.12. The van der Waals surface area contributed by atoms with Crippen LogP contribution in [0.5, 0.6) is 0 Å². The molecule has 1 saturated carbocycles. The average Bonchev–Trinajstić information content (AvgIpc) is 3.57. The number of aromatic nitrogens is 4. The summed E-state index contributed by atoms with van der Waals surface area (Å²) in [4.78, 5) is 4.55. The number of anilines is 2. The van der Waals surface area contributed by atoms with Gasteiger partial charge in [-0.15, -0.1) is 5.10 Å². The number of nitrogens with one attached hydrogen (secondary N) is 2. The van der Waals surface area contributed by atoms with Gasteiger partial charge in [0.15, 0.2) is 5.54 Å². The van der Waals surface area contributed by atoms with Crippen molar-refractivity contribution < 1.29 is 13.2 Å². The summed E-state index contributed by atoms with van der Waals surface area (Å²) in [5, 5.41) is 25.6. The summed E-state index contributed by atoms with van der Waals surface area (Å²) < 4.78 is 42.2. The number of hydrogen-bond acceptors (Lipinski definition) is 6. The van der Waals surface area contributed by atoms with Crippen LogP contribution in [0, 0.1) is 16.7 Å². The molecule has 2 aromatic carbocycles. The molecule has 202 valence electrons. The highest BCUT2D eigenvalue weighted by atomic mass is 35.5. The van der Waals surface area contributed by atoms with Crippen LogP contribution in [0.2, 0.25) is 5.02 Å². The lowest BCUT2D eigenvalue weighted by molar-refractivity contribution is -0.182. The third kappa shape index (κ3) is 5.23. The molecule has 0 amide bonds. The lowest BCUT2D eigenvalue weighted by Crippen LogP contribution is -2.35. The van der Waals surface area contributed by atoms with E-state index in [1.54, 1.807) is 12.1 Å². The predicted molar refractivity (Wildman–Crippen MR) is 145 cm³/mol. The van der Waals surface area contributed by atoms with E-state index in [4.69, 9.17) is 11.6 Å². The molecule has 2 heterocycles. The van der Waals surface area contributed by atoms with E-state index in [-0.39, 0.29) is 18.3 Å². The lowest BCUT2D eigenvalue weighted by Gasteiger charge is -2.23. The van der Waals surface area contributed by atoms with Crippen LogP contribution in [0.1, 0.15) is 56.5 Å². The van der Waals surface area contributed by atoms with Crippen LogP contribution in [0.25, 0.3) is 10.9 Å². The average molecular weight is 554 g/mol. The van der Waals surface area contributed by atoms with Crippen molar-refractivity contribution in [2.24, 2.45) is 5.41 Å². The number of hydrogen-bond donors (Lipinski definition) is 2. The molecule has 4 aromatic rings. The van der Waals surface area contributed by atoms with Crippen molar-refractivity contribution in [3.8, 4) is 6.07 Å². The Labute approximate surface area is 229 Å². The smallest absolute Gasteiger partial charge is 0.383 e. The largest absolute Gasteiger partial charge is 0.413 e. The van der Waals surface area contributed by atoms with E-state index in [1.165, 1.54) is 12.4 Å². The first-order valence-electron chi connectivity index (χ1n) is 12.5. The van der Waals surface area contributed by atoms with Gasteiger partial charge in [-0.05, 0) is 36.0 Å². The molecule has 0 aliphatic heterocycles. The highest BCUT2D eigenvalue weighted by Crippen LogP contribution is 2.55. The van der Waals surface area contributed by atoms with Crippen molar-refractivity contribution in [3.63, 3.8) is 0 Å². The van der Waals surface area contributed by atoms with Gasteiger partial charge in [-0.3, -0.25) is 4.98 Å². The molecule has 1 aliphatic carbocycles. The zero-order valence-corrected chi connectivity index (χ0v) is 22.4. The second-order valence-corrected chi connectivity index (χ2v) is 11.5. The molecular formula is C28H27ClF3N7. The number of nitriles is 1. The van der Waals surface area contributed by atoms with E-state index in [2.05, 4.69) is 52.8 Å². The van der Waals surface area contributed by atoms with E-state index in [0.29, 0.717) is 45.1 Å². The van der Waals surface area contributed by atoms with Gasteiger partial charge in [-0.2, -0.15) is 18.4 Å². The first-order chi connectivity index (χ1) is 18.4. The second-order valence-electron chi connectivity index (χ2n) is 11.0. The molecule has 0 unspecified atom stereocenters. The van der Waals surface area contributed by atoms with Gasteiger partial charge in [-0.25, -0.2) is 4.68 Å². The van der Waals surface area contributed by atoms with E-state index in [1.807, 2.05) is 30.3 Å². The minimum atomic E-state index is -4.42. The van der Waals surface area contributed by atoms with E-state index in [9.17, 15) is 18.4 Å². The monoisotopic (exact) mass is 553 g/mol. The Kier molecular flexibility index (Phi) is 6.67. The van der Waals surface area contributed by atoms with Crippen LogP contribution in [0.15, 0.2) is 54.9 Å². The Morgan fingerprint density at radius 2 is 1.87 bits per heavy atom. The van der Waals surface area contributed by atoms with Gasteiger partial charge in [-0.1, -0.05) is 67.9 Å². The molecule has 0 saturated heterocycles. The summed E-state index contributed by atoms with van der Waals surface area (Å²) in [6, 6.07) is 14.2. The summed E-state index contributed by atoms with van der Waals surface area (Å²) in [6.07, 6.45) is -1.63. The first-order valence-corrected chi connectivity index (χ1v) is 12.9. The second kappa shape index (κ2) is 9.72. The summed E-state index contributed by atoms with van der Waals surface area (Å²) in [7, 11) is 0. The third-order valence-electron chi connectivity index (χ3n) is 6.78. The third-order valence-corrected chi connectivity index (χ3v) is 7.00. The van der Waals surface area contributed by atoms with Gasteiger partial charge in [0, 0.05) is 23.2 Å². The molecule has 2 N–H and O–H groups in total. The Hall–Kier alpha value is -3.84. The Bertz CT molecular complexity index is 1550. The lowest BCUT2D eigenvalue weighted by atomic mass is 9.96. The number of benzene rings is 2. The van der Waals surface area contributed by atoms with Crippen molar-refractivity contribution in [3.05, 3.63) is 76.7 Å². The molecule has 1 fully saturated rings. The zero-order valence-electron chi connectivity index (χ0n) is 21.6. The van der Waals surface area contributed by atoms with E-state index < -0.39 is 17.8 Å². The number of fused-ring (bicyclic) bond motifs is 1. The Morgan fingerprint density at radius 1 is 1.15 bits per heavy atom. The molecule has 5 rings (SSSR count). The van der Waals surface area contributed by atoms with Gasteiger partial charge >= 0.3 is 6.18 Å². The molecular weight excluding hydrogens is 527 g/mol. The predicted octanol–water partition coefficient (Wildman–Crippen LogP) is 7.06. The highest BCUT2D eigenvalue weighted by molar-refractivity contribution is 6.32. The zero-order chi connectivity index (χ0) is 28.0. The molecule has 2 aromatic heterocycles. The number of pyridine rings is 1. The van der Waals surface area contributed by atoms with Crippen molar-refractivity contribution >= 4 is 33.9 Å². The van der Waals surface area contributed by atoms with Gasteiger partial charge in [0.1, 0.15) is 11.8 Å². The molecule has 0 spiro atoms. The van der Waals surface area contributed by atoms with Crippen LogP contribution in [0.3, 0.4) is 0 Å². The molecule has 11 heteroatoms. The van der Waals surface area contributed by atoms with Crippen LogP contribution in [-0.2, 0) is 5.54 Å². The fourth-order valence-corrected chi connectivity index (χ4v) is 4.73. The van der Waals surface area contributed by atoms with Crippen molar-refractivity contribution in [2.75, 3.05) is 17.2 Å². The normalized spacial score (nSPS) is 15.5. The van der Waals surface area contributed by atoms with E-state index in [0.717, 1.165) is 10.2 Å². The summed E-state index contributed by atoms with van der Waals surface area (Å²) in [6.45, 7) is 6.85. The quantitative estimate of drug-likeness (QED) is 0.254. The topological polar surface area (TPSA) is 91.5 Å². The number of rotatable bonds is 7. The fraction of sp³-hybridized carbons (Fsp3) is 0.357. The first kappa shape index (κ1) is 26.8. The number of alkyl halides is 3. The van der Waals surface area contributed by atoms with Crippen molar-refractivity contribution in [1.29, 1.82) is 5.26 Å². The van der Waals surface area contributed by atoms with Crippen LogP contribution in [0.4, 0.5) is 24.5 Å². The molecule has 0 bridgehead atoms. The standard InChI is InChI=1S/C28H27ClF3N7/c1-26(2,3)16-35-23-18(13-33)14-34-25-20(23)11-19(29)12-21(25)36-24(17-7-5-4-6-8-17)22-15-39(38-37-22)27(9-10-27)28(30,31)32/h4-8,11-12,14-15,24,36H,9-10,16H2,1-3H3,(H,34,35)/t24-/m0/s1. The van der Waals surface area contributed by atoms with E-state index >= 15 is 0 Å². The Balaban J connectivity index is 1.60. The fourth-order valence-electron chi connectivity index (χ4n) is 4.51. The molecule has 39 heavy (non-hydrogen) atoms. The number of nitrogens with zero attached hydrogens (tertiary/aromatic N) is 5. The van der Waals surface area contributed by atoms with Gasteiger partial charge in [0.2, 0.25) is 0 Å². The van der Waals surface area contributed by atoms with Gasteiger partial charge in [0.25, 0.3) is 0 Å². The maximum atomic E-state index is 13.8. The molecule has 1 atom stereocenters. The molecule has 0 radical (unpaired) electrons. The van der Waals surface area contributed by atoms with Crippen molar-refractivity contribution in [1.82, 2.24) is 20.0 Å². The molecule has 1 aliphatic rings. The van der Waals surface area contributed by atoms with Crippen LogP contribution < -0.4 is 10.6 Å². The van der Waals surface area contributed by atoms with Crippen molar-refractivity contribution in [2.45, 2.75) is 51.4 Å². The number of halogens is 4. The SMILES string of the molecule is CC(C)(C)CNc1c(C#N)cnc2c(N[C@@H](c3ccccc3)c3cn(C4(C(F)(F)F)CC4)nn3)cc(Cl)cc12. The minimum Gasteiger partial charge on any atom is -0.383 e. The summed E-state index contributed by atoms with van der Waals surface area (Å²) >= 11 is 6.54. The Morgan fingerprint density at radius 3 is 2.49 bits per heavy atom. The maximum Gasteiger partial charge on any atom is 0.413 e. The van der Waals surface area contributed by atoms with Gasteiger partial charge in [0.05, 0.1) is 34.7 Å². The molecule has 7 nitrogen and oxygen atoms in total. The van der Waals surface area contributed by atoms with Crippen LogP contribution in [-0.4, -0.2) is 32.7 Å². The highest BCUT2D eigenvalue weighted by Gasteiger charge is 2.66. The minimum absolute atomic E-state index is 0.0306. The van der Waals surface area contributed by atoms with Gasteiger partial charge < -0.3 is 10.6 Å². The summed E-state index contributed by atoms with van der Waals surface area (Å²) in [5.74, 6) is 0. The van der Waals surface area contributed by atoms with Crippen LogP contribution >= 0.6 is 11.6 Å². The maximum absolute atomic E-state index is 13.8.